The molecule has 6 nitrogen and oxygen atoms in total. The molecule has 0 radical (unpaired) electrons. The van der Waals surface area contributed by atoms with Crippen LogP contribution in [0.4, 0.5) is 0 Å². The van der Waals surface area contributed by atoms with Crippen molar-refractivity contribution in [2.45, 2.75) is 94.8 Å². The van der Waals surface area contributed by atoms with Gasteiger partial charge in [0.25, 0.3) is 0 Å². The van der Waals surface area contributed by atoms with E-state index in [9.17, 15) is 23.4 Å². The molecule has 2 rings (SSSR count). The van der Waals surface area contributed by atoms with Gasteiger partial charge in [-0.2, -0.15) is 0 Å². The number of aromatic hydroxyl groups is 2. The maximum Gasteiger partial charge on any atom is 0.305 e. The van der Waals surface area contributed by atoms with Gasteiger partial charge in [-0.05, 0) is 67.8 Å². The molecule has 0 atom stereocenters. The Labute approximate surface area is 204 Å². The van der Waals surface area contributed by atoms with Gasteiger partial charge in [-0.3, -0.25) is 4.79 Å². The van der Waals surface area contributed by atoms with E-state index in [0.717, 1.165) is 6.42 Å². The minimum atomic E-state index is -3.64. The van der Waals surface area contributed by atoms with Crippen LogP contribution in [-0.2, 0) is 19.4 Å². The number of ether oxygens (including phenoxy) is 1. The van der Waals surface area contributed by atoms with E-state index in [1.54, 1.807) is 13.8 Å². The van der Waals surface area contributed by atoms with Crippen molar-refractivity contribution in [1.82, 2.24) is 0 Å². The van der Waals surface area contributed by atoms with Crippen molar-refractivity contribution in [1.29, 1.82) is 0 Å². The molecule has 2 N–H and O–H groups in total. The number of esters is 1. The van der Waals surface area contributed by atoms with Crippen LogP contribution in [0.3, 0.4) is 0 Å². The molecule has 7 heteroatoms. The Morgan fingerprint density at radius 1 is 0.765 bits per heavy atom. The summed E-state index contributed by atoms with van der Waals surface area (Å²) in [5, 5.41) is 18.9. The normalized spacial score (nSPS) is 10.9. The van der Waals surface area contributed by atoms with Crippen LogP contribution in [0.15, 0.2) is 46.2 Å². The molecule has 0 aromatic heterocycles. The Bertz CT molecular complexity index is 941. The number of hydrogen-bond acceptors (Lipinski definition) is 6. The zero-order chi connectivity index (χ0) is 25.6. The van der Waals surface area contributed by atoms with Gasteiger partial charge in [0.15, 0.2) is 0 Å². The van der Waals surface area contributed by atoms with E-state index in [2.05, 4.69) is 11.7 Å². The molecule has 0 amide bonds. The molecule has 0 aliphatic rings. The van der Waals surface area contributed by atoms with E-state index in [1.165, 1.54) is 94.9 Å². The molecule has 190 valence electrons. The highest BCUT2D eigenvalue weighted by atomic mass is 32.2. The highest BCUT2D eigenvalue weighted by Crippen LogP contribution is 2.28. The number of sulfone groups is 1. The summed E-state index contributed by atoms with van der Waals surface area (Å²) in [6.07, 6.45) is 12.2. The lowest BCUT2D eigenvalue weighted by Crippen LogP contribution is -2.02. The van der Waals surface area contributed by atoms with Crippen LogP contribution in [0.1, 0.15) is 82.3 Å². The van der Waals surface area contributed by atoms with Gasteiger partial charge in [0, 0.05) is 6.42 Å². The van der Waals surface area contributed by atoms with Crippen LogP contribution in [0.5, 0.6) is 11.5 Å². The maximum atomic E-state index is 12.4. The van der Waals surface area contributed by atoms with Crippen LogP contribution in [0.2, 0.25) is 0 Å². The fraction of sp³-hybridized carbons (Fsp3) is 0.519. The second-order valence-electron chi connectivity index (χ2n) is 8.55. The molecule has 0 aliphatic heterocycles. The zero-order valence-electron chi connectivity index (χ0n) is 21.0. The molecule has 0 bridgehead atoms. The molecular formula is C27H40O6S. The Morgan fingerprint density at radius 3 is 1.56 bits per heavy atom. The van der Waals surface area contributed by atoms with Crippen molar-refractivity contribution in [3.63, 3.8) is 0 Å². The van der Waals surface area contributed by atoms with Gasteiger partial charge >= 0.3 is 5.97 Å². The van der Waals surface area contributed by atoms with Crippen molar-refractivity contribution in [3.8, 4) is 11.5 Å². The zero-order valence-corrected chi connectivity index (χ0v) is 21.8. The average molecular weight is 493 g/mol. The largest absolute Gasteiger partial charge is 0.508 e. The first-order valence-corrected chi connectivity index (χ1v) is 13.5. The summed E-state index contributed by atoms with van der Waals surface area (Å²) in [6.45, 7) is 5.51. The van der Waals surface area contributed by atoms with Crippen molar-refractivity contribution in [2.24, 2.45) is 0 Å². The van der Waals surface area contributed by atoms with Gasteiger partial charge in [-0.1, -0.05) is 58.3 Å². The minimum absolute atomic E-state index is 0.0563. The number of unbranched alkanes of at least 4 members (excludes halogenated alkanes) is 8. The van der Waals surface area contributed by atoms with Crippen molar-refractivity contribution >= 4 is 15.8 Å². The molecular weight excluding hydrogens is 452 g/mol. The summed E-state index contributed by atoms with van der Waals surface area (Å²) in [7, 11) is -2.19. The average Bonchev–Trinajstić information content (AvgIpc) is 2.81. The van der Waals surface area contributed by atoms with E-state index in [1.807, 2.05) is 0 Å². The van der Waals surface area contributed by atoms with E-state index in [-0.39, 0.29) is 27.3 Å². The van der Waals surface area contributed by atoms with E-state index in [4.69, 9.17) is 0 Å². The first-order chi connectivity index (χ1) is 16.1. The minimum Gasteiger partial charge on any atom is -0.508 e. The van der Waals surface area contributed by atoms with Crippen LogP contribution in [-0.4, -0.2) is 31.7 Å². The molecule has 0 aliphatic carbocycles. The number of carbonyl (C=O) groups is 1. The third-order valence-corrected chi connectivity index (χ3v) is 7.42. The third-order valence-electron chi connectivity index (χ3n) is 5.67. The summed E-state index contributed by atoms with van der Waals surface area (Å²) < 4.78 is 29.4. The van der Waals surface area contributed by atoms with E-state index >= 15 is 0 Å². The molecule has 0 saturated carbocycles. The summed E-state index contributed by atoms with van der Waals surface area (Å²) in [5.74, 6) is 0.0413. The molecule has 0 spiro atoms. The van der Waals surface area contributed by atoms with Crippen LogP contribution >= 0.6 is 0 Å². The lowest BCUT2D eigenvalue weighted by molar-refractivity contribution is -0.140. The van der Waals surface area contributed by atoms with Crippen molar-refractivity contribution in [2.75, 3.05) is 7.11 Å². The van der Waals surface area contributed by atoms with Gasteiger partial charge < -0.3 is 14.9 Å². The predicted molar refractivity (Wildman–Crippen MR) is 135 cm³/mol. The SMILES string of the molecule is CCCCCCCCCCCC(=O)OC.Cc1cc(S(=O)(=O)c2ccc(O)c(C)c2)ccc1O. The number of phenolic OH excluding ortho intramolecular Hbond substituents is 2. The lowest BCUT2D eigenvalue weighted by Gasteiger charge is -2.08. The number of benzene rings is 2. The van der Waals surface area contributed by atoms with Crippen molar-refractivity contribution < 1.29 is 28.2 Å². The van der Waals surface area contributed by atoms with Gasteiger partial charge in [-0.15, -0.1) is 0 Å². The fourth-order valence-electron chi connectivity index (χ4n) is 3.41. The van der Waals surface area contributed by atoms with Crippen LogP contribution in [0, 0.1) is 13.8 Å². The standard InChI is InChI=1S/C14H14O4S.C13H26O2/c1-9-7-11(3-5-13(9)15)19(17,18)12-4-6-14(16)10(2)8-12;1-3-4-5-6-7-8-9-10-11-12-13(14)15-2/h3-8,15-16H,1-2H3;3-12H2,1-2H3. The molecule has 2 aromatic rings. The number of phenols is 2. The first-order valence-electron chi connectivity index (χ1n) is 12.0. The first kappa shape index (κ1) is 29.5. The number of methoxy groups -OCH3 is 1. The number of hydrogen-bond donors (Lipinski definition) is 2. The van der Waals surface area contributed by atoms with Crippen LogP contribution in [0.25, 0.3) is 0 Å². The van der Waals surface area contributed by atoms with Gasteiger partial charge in [0.1, 0.15) is 11.5 Å². The highest BCUT2D eigenvalue weighted by Gasteiger charge is 2.19. The molecule has 34 heavy (non-hydrogen) atoms. The lowest BCUT2D eigenvalue weighted by atomic mass is 10.1. The fourth-order valence-corrected chi connectivity index (χ4v) is 4.84. The Morgan fingerprint density at radius 2 is 1.18 bits per heavy atom. The molecule has 0 unspecified atom stereocenters. The summed E-state index contributed by atoms with van der Waals surface area (Å²) in [5.41, 5.74) is 0.994. The van der Waals surface area contributed by atoms with Crippen LogP contribution < -0.4 is 0 Å². The van der Waals surface area contributed by atoms with Gasteiger partial charge in [0.05, 0.1) is 16.9 Å². The molecule has 0 fully saturated rings. The Kier molecular flexibility index (Phi) is 13.3. The Balaban J connectivity index is 0.000000352. The smallest absolute Gasteiger partial charge is 0.305 e. The predicted octanol–water partition coefficient (Wildman–Crippen LogP) is 6.63. The second kappa shape index (κ2) is 15.4. The number of rotatable bonds is 12. The number of carbonyl (C=O) groups excluding carboxylic acids is 1. The molecule has 0 saturated heterocycles. The quantitative estimate of drug-likeness (QED) is 0.255. The van der Waals surface area contributed by atoms with E-state index in [0.29, 0.717) is 17.5 Å². The second-order valence-corrected chi connectivity index (χ2v) is 10.5. The topological polar surface area (TPSA) is 101 Å². The number of aryl methyl sites for hydroxylation is 2. The van der Waals surface area contributed by atoms with Gasteiger partial charge in [0.2, 0.25) is 9.84 Å². The van der Waals surface area contributed by atoms with E-state index < -0.39 is 9.84 Å². The summed E-state index contributed by atoms with van der Waals surface area (Å²) in [6, 6.07) is 8.28. The van der Waals surface area contributed by atoms with Gasteiger partial charge in [-0.25, -0.2) is 8.42 Å². The monoisotopic (exact) mass is 492 g/mol. The molecule has 2 aromatic carbocycles. The summed E-state index contributed by atoms with van der Waals surface area (Å²) >= 11 is 0. The summed E-state index contributed by atoms with van der Waals surface area (Å²) in [4.78, 5) is 11.0. The maximum absolute atomic E-state index is 12.4. The highest BCUT2D eigenvalue weighted by molar-refractivity contribution is 7.91. The molecule has 0 heterocycles. The Hall–Kier alpha value is -2.54. The third kappa shape index (κ3) is 10.2. The van der Waals surface area contributed by atoms with Crippen molar-refractivity contribution in [3.05, 3.63) is 47.5 Å².